The standard InChI is InChI=1S/C12H16FNO5S/c1-12(2,13)7-14-20(17,18)10-6-8(19-3)4-5-9(10)11(15)16/h4-6,14H,7H2,1-3H3,(H,15,16). The molecular weight excluding hydrogens is 289 g/mol. The van der Waals surface area contributed by atoms with Gasteiger partial charge in [0.15, 0.2) is 0 Å². The molecule has 0 heterocycles. The minimum Gasteiger partial charge on any atom is -0.497 e. The lowest BCUT2D eigenvalue weighted by atomic mass is 10.2. The number of aromatic carboxylic acids is 1. The van der Waals surface area contributed by atoms with Crippen LogP contribution in [-0.2, 0) is 10.0 Å². The molecule has 1 rings (SSSR count). The zero-order chi connectivity index (χ0) is 15.6. The molecule has 0 saturated heterocycles. The Labute approximate surface area is 116 Å². The third-order valence-corrected chi connectivity index (χ3v) is 3.83. The number of sulfonamides is 1. The summed E-state index contributed by atoms with van der Waals surface area (Å²) >= 11 is 0. The van der Waals surface area contributed by atoms with Gasteiger partial charge in [0.2, 0.25) is 10.0 Å². The van der Waals surface area contributed by atoms with Crippen LogP contribution in [0.5, 0.6) is 5.75 Å². The van der Waals surface area contributed by atoms with Crippen molar-refractivity contribution in [2.45, 2.75) is 24.4 Å². The van der Waals surface area contributed by atoms with E-state index < -0.39 is 38.7 Å². The molecule has 112 valence electrons. The molecule has 0 radical (unpaired) electrons. The van der Waals surface area contributed by atoms with Crippen molar-refractivity contribution in [2.75, 3.05) is 13.7 Å². The molecule has 0 amide bonds. The quantitative estimate of drug-likeness (QED) is 0.829. The van der Waals surface area contributed by atoms with E-state index in [-0.39, 0.29) is 5.75 Å². The Morgan fingerprint density at radius 1 is 1.45 bits per heavy atom. The van der Waals surface area contributed by atoms with E-state index in [1.54, 1.807) is 0 Å². The van der Waals surface area contributed by atoms with E-state index in [4.69, 9.17) is 9.84 Å². The summed E-state index contributed by atoms with van der Waals surface area (Å²) in [4.78, 5) is 10.6. The van der Waals surface area contributed by atoms with E-state index in [0.717, 1.165) is 12.1 Å². The van der Waals surface area contributed by atoms with Gasteiger partial charge in [0, 0.05) is 12.6 Å². The number of carboxylic acid groups (broad SMARTS) is 1. The first-order valence-corrected chi connectivity index (χ1v) is 7.15. The first-order valence-electron chi connectivity index (χ1n) is 5.67. The number of nitrogens with one attached hydrogen (secondary N) is 1. The van der Waals surface area contributed by atoms with Crippen molar-refractivity contribution in [3.63, 3.8) is 0 Å². The van der Waals surface area contributed by atoms with Crippen LogP contribution < -0.4 is 9.46 Å². The van der Waals surface area contributed by atoms with E-state index in [1.807, 2.05) is 4.72 Å². The fraction of sp³-hybridized carbons (Fsp3) is 0.417. The lowest BCUT2D eigenvalue weighted by Gasteiger charge is -2.16. The monoisotopic (exact) mass is 305 g/mol. The highest BCUT2D eigenvalue weighted by Crippen LogP contribution is 2.22. The minimum absolute atomic E-state index is 0.190. The summed E-state index contributed by atoms with van der Waals surface area (Å²) in [7, 11) is -2.83. The maximum Gasteiger partial charge on any atom is 0.337 e. The highest BCUT2D eigenvalue weighted by molar-refractivity contribution is 7.89. The number of ether oxygens (including phenoxy) is 1. The second-order valence-electron chi connectivity index (χ2n) is 4.71. The van der Waals surface area contributed by atoms with Gasteiger partial charge in [0.1, 0.15) is 16.3 Å². The summed E-state index contributed by atoms with van der Waals surface area (Å²) in [5, 5.41) is 9.01. The van der Waals surface area contributed by atoms with Crippen LogP contribution in [0, 0.1) is 0 Å². The Balaban J connectivity index is 3.25. The van der Waals surface area contributed by atoms with Gasteiger partial charge >= 0.3 is 5.97 Å². The van der Waals surface area contributed by atoms with Crippen molar-refractivity contribution < 1.29 is 27.4 Å². The van der Waals surface area contributed by atoms with Gasteiger partial charge in [-0.1, -0.05) is 0 Å². The Morgan fingerprint density at radius 3 is 2.50 bits per heavy atom. The number of hydrogen-bond donors (Lipinski definition) is 2. The molecule has 20 heavy (non-hydrogen) atoms. The molecule has 0 atom stereocenters. The van der Waals surface area contributed by atoms with E-state index in [1.165, 1.54) is 27.0 Å². The van der Waals surface area contributed by atoms with Crippen LogP contribution in [0.25, 0.3) is 0 Å². The molecule has 1 aromatic rings. The zero-order valence-corrected chi connectivity index (χ0v) is 12.1. The SMILES string of the molecule is COc1ccc(C(=O)O)c(S(=O)(=O)NCC(C)(C)F)c1. The number of hydrogen-bond acceptors (Lipinski definition) is 4. The number of alkyl halides is 1. The maximum atomic E-state index is 13.4. The van der Waals surface area contributed by atoms with Crippen molar-refractivity contribution in [3.8, 4) is 5.75 Å². The fourth-order valence-electron chi connectivity index (χ4n) is 1.37. The average molecular weight is 305 g/mol. The van der Waals surface area contributed by atoms with Gasteiger partial charge in [-0.25, -0.2) is 22.3 Å². The minimum atomic E-state index is -4.15. The number of benzene rings is 1. The van der Waals surface area contributed by atoms with E-state index >= 15 is 0 Å². The normalized spacial score (nSPS) is 12.2. The number of carbonyl (C=O) groups is 1. The van der Waals surface area contributed by atoms with Gasteiger partial charge in [-0.2, -0.15) is 0 Å². The van der Waals surface area contributed by atoms with Crippen LogP contribution >= 0.6 is 0 Å². The summed E-state index contributed by atoms with van der Waals surface area (Å²) in [6.45, 7) is 1.95. The predicted molar refractivity (Wildman–Crippen MR) is 70.3 cm³/mol. The Hall–Kier alpha value is -1.67. The third-order valence-electron chi connectivity index (χ3n) is 2.39. The molecule has 0 aliphatic carbocycles. The lowest BCUT2D eigenvalue weighted by molar-refractivity contribution is 0.0692. The Bertz CT molecular complexity index is 607. The molecule has 0 unspecified atom stereocenters. The largest absolute Gasteiger partial charge is 0.497 e. The Morgan fingerprint density at radius 2 is 2.05 bits per heavy atom. The highest BCUT2D eigenvalue weighted by Gasteiger charge is 2.26. The summed E-state index contributed by atoms with van der Waals surface area (Å²) in [6, 6.07) is 3.54. The molecule has 0 bridgehead atoms. The first-order chi connectivity index (χ1) is 9.07. The lowest BCUT2D eigenvalue weighted by Crippen LogP contribution is -2.36. The Kier molecular flexibility index (Phi) is 4.72. The predicted octanol–water partition coefficient (Wildman–Crippen LogP) is 1.42. The van der Waals surface area contributed by atoms with Gasteiger partial charge in [-0.05, 0) is 26.0 Å². The van der Waals surface area contributed by atoms with Gasteiger partial charge in [0.05, 0.1) is 12.7 Å². The summed E-state index contributed by atoms with van der Waals surface area (Å²) in [5.74, 6) is -1.21. The second-order valence-corrected chi connectivity index (χ2v) is 6.45. The summed E-state index contributed by atoms with van der Waals surface area (Å²) in [5.41, 5.74) is -2.16. The van der Waals surface area contributed by atoms with Crippen molar-refractivity contribution in [3.05, 3.63) is 23.8 Å². The van der Waals surface area contributed by atoms with Crippen molar-refractivity contribution in [2.24, 2.45) is 0 Å². The van der Waals surface area contributed by atoms with Gasteiger partial charge in [0.25, 0.3) is 0 Å². The van der Waals surface area contributed by atoms with Crippen LogP contribution in [-0.4, -0.2) is 38.8 Å². The van der Waals surface area contributed by atoms with Crippen LogP contribution in [0.2, 0.25) is 0 Å². The molecule has 8 heteroatoms. The maximum absolute atomic E-state index is 13.4. The average Bonchev–Trinajstić information content (AvgIpc) is 2.35. The summed E-state index contributed by atoms with van der Waals surface area (Å²) < 4.78 is 44.4. The van der Waals surface area contributed by atoms with E-state index in [9.17, 15) is 17.6 Å². The van der Waals surface area contributed by atoms with Gasteiger partial charge in [-0.3, -0.25) is 0 Å². The molecule has 0 aliphatic rings. The van der Waals surface area contributed by atoms with Gasteiger partial charge in [-0.15, -0.1) is 0 Å². The molecule has 6 nitrogen and oxygen atoms in total. The molecule has 2 N–H and O–H groups in total. The molecule has 1 aromatic carbocycles. The topological polar surface area (TPSA) is 92.7 Å². The number of methoxy groups -OCH3 is 1. The molecule has 0 fully saturated rings. The van der Waals surface area contributed by atoms with Crippen molar-refractivity contribution in [1.29, 1.82) is 0 Å². The number of rotatable bonds is 6. The van der Waals surface area contributed by atoms with Crippen molar-refractivity contribution in [1.82, 2.24) is 4.72 Å². The van der Waals surface area contributed by atoms with Crippen LogP contribution in [0.3, 0.4) is 0 Å². The van der Waals surface area contributed by atoms with Gasteiger partial charge < -0.3 is 9.84 Å². The first kappa shape index (κ1) is 16.4. The highest BCUT2D eigenvalue weighted by atomic mass is 32.2. The molecule has 0 aromatic heterocycles. The second kappa shape index (κ2) is 5.76. The number of carboxylic acids is 1. The van der Waals surface area contributed by atoms with E-state index in [2.05, 4.69) is 0 Å². The molecule has 0 aliphatic heterocycles. The van der Waals surface area contributed by atoms with Crippen LogP contribution in [0.1, 0.15) is 24.2 Å². The number of halogens is 1. The van der Waals surface area contributed by atoms with E-state index in [0.29, 0.717) is 0 Å². The smallest absolute Gasteiger partial charge is 0.337 e. The third kappa shape index (κ3) is 4.17. The van der Waals surface area contributed by atoms with Crippen LogP contribution in [0.15, 0.2) is 23.1 Å². The molecule has 0 saturated carbocycles. The summed E-state index contributed by atoms with van der Waals surface area (Å²) in [6.07, 6.45) is 0. The fourth-order valence-corrected chi connectivity index (χ4v) is 2.78. The molecule has 0 spiro atoms. The molecular formula is C12H16FNO5S. The zero-order valence-electron chi connectivity index (χ0n) is 11.3. The van der Waals surface area contributed by atoms with Crippen molar-refractivity contribution >= 4 is 16.0 Å². The van der Waals surface area contributed by atoms with Crippen LogP contribution in [0.4, 0.5) is 4.39 Å².